The molecule has 2 N–H and O–H groups in total. The number of hydrogen-bond donors (Lipinski definition) is 2. The summed E-state index contributed by atoms with van der Waals surface area (Å²) < 4.78 is 1.70. The summed E-state index contributed by atoms with van der Waals surface area (Å²) in [6.45, 7) is 1.88. The molecule has 2 rings (SSSR count). The number of benzene rings is 1. The number of aryl methyl sites for hydroxylation is 1. The van der Waals surface area contributed by atoms with E-state index in [1.807, 2.05) is 13.0 Å². The van der Waals surface area contributed by atoms with Crippen LogP contribution >= 0.6 is 0 Å². The molecule has 1 unspecified atom stereocenters. The lowest BCUT2D eigenvalue weighted by molar-refractivity contribution is -0.384. The van der Waals surface area contributed by atoms with E-state index >= 15 is 0 Å². The maximum atomic E-state index is 10.9. The lowest BCUT2D eigenvalue weighted by Gasteiger charge is -2.15. The fraction of sp³-hybridized carbons (Fsp3) is 0.250. The van der Waals surface area contributed by atoms with E-state index in [0.29, 0.717) is 5.69 Å². The standard InChI is InChI=1S/C12H14N4O3/c1-8(11-5-6-13-15(11)2)14-10-4-3-9(17)7-12(10)16(18)19/h3-8,14,17H,1-2H3. The molecule has 0 aliphatic carbocycles. The molecule has 100 valence electrons. The second kappa shape index (κ2) is 4.97. The molecule has 0 amide bonds. The van der Waals surface area contributed by atoms with Crippen LogP contribution < -0.4 is 5.32 Å². The zero-order chi connectivity index (χ0) is 14.0. The maximum Gasteiger partial charge on any atom is 0.296 e. The molecular weight excluding hydrogens is 248 g/mol. The Morgan fingerprint density at radius 1 is 1.47 bits per heavy atom. The number of nitrogens with one attached hydrogen (secondary N) is 1. The van der Waals surface area contributed by atoms with Gasteiger partial charge in [-0.05, 0) is 25.1 Å². The van der Waals surface area contributed by atoms with Crippen molar-refractivity contribution in [2.75, 3.05) is 5.32 Å². The summed E-state index contributed by atoms with van der Waals surface area (Å²) in [5.74, 6) is -0.134. The fourth-order valence-corrected chi connectivity index (χ4v) is 1.91. The molecule has 0 fully saturated rings. The molecule has 2 aromatic rings. The highest BCUT2D eigenvalue weighted by Gasteiger charge is 2.18. The van der Waals surface area contributed by atoms with Crippen molar-refractivity contribution in [3.05, 3.63) is 46.3 Å². The third-order valence-electron chi connectivity index (χ3n) is 2.85. The summed E-state index contributed by atoms with van der Waals surface area (Å²) >= 11 is 0. The van der Waals surface area contributed by atoms with Crippen molar-refractivity contribution < 1.29 is 10.0 Å². The Balaban J connectivity index is 2.29. The molecule has 0 aliphatic rings. The van der Waals surface area contributed by atoms with Gasteiger partial charge in [0.2, 0.25) is 0 Å². The average molecular weight is 262 g/mol. The van der Waals surface area contributed by atoms with E-state index in [9.17, 15) is 15.2 Å². The molecule has 0 spiro atoms. The summed E-state index contributed by atoms with van der Waals surface area (Å²) in [6.07, 6.45) is 1.67. The normalized spacial score (nSPS) is 12.1. The number of phenolic OH excluding ortho intramolecular Hbond substituents is 1. The lowest BCUT2D eigenvalue weighted by atomic mass is 10.2. The van der Waals surface area contributed by atoms with Crippen LogP contribution in [0.5, 0.6) is 5.75 Å². The van der Waals surface area contributed by atoms with Gasteiger partial charge in [-0.1, -0.05) is 0 Å². The van der Waals surface area contributed by atoms with Crippen molar-refractivity contribution >= 4 is 11.4 Å². The van der Waals surface area contributed by atoms with Gasteiger partial charge in [0, 0.05) is 13.2 Å². The molecule has 1 aromatic heterocycles. The van der Waals surface area contributed by atoms with Crippen molar-refractivity contribution in [1.82, 2.24) is 9.78 Å². The van der Waals surface area contributed by atoms with E-state index in [4.69, 9.17) is 0 Å². The Bertz CT molecular complexity index is 609. The molecule has 0 saturated carbocycles. The molecule has 1 atom stereocenters. The SMILES string of the molecule is CC(Nc1ccc(O)cc1[N+](=O)[O-])c1ccnn1C. The summed E-state index contributed by atoms with van der Waals surface area (Å²) in [6, 6.07) is 5.71. The van der Waals surface area contributed by atoms with Gasteiger partial charge in [-0.3, -0.25) is 14.8 Å². The molecule has 19 heavy (non-hydrogen) atoms. The smallest absolute Gasteiger partial charge is 0.296 e. The molecule has 0 aliphatic heterocycles. The van der Waals surface area contributed by atoms with Crippen molar-refractivity contribution in [1.29, 1.82) is 0 Å². The largest absolute Gasteiger partial charge is 0.508 e. The predicted molar refractivity (Wildman–Crippen MR) is 70.0 cm³/mol. The average Bonchev–Trinajstić information content (AvgIpc) is 2.77. The van der Waals surface area contributed by atoms with Crippen molar-refractivity contribution in [2.24, 2.45) is 7.05 Å². The number of anilines is 1. The van der Waals surface area contributed by atoms with Crippen LogP contribution in [0.1, 0.15) is 18.7 Å². The number of nitrogens with zero attached hydrogens (tertiary/aromatic N) is 3. The zero-order valence-electron chi connectivity index (χ0n) is 10.6. The van der Waals surface area contributed by atoms with Gasteiger partial charge >= 0.3 is 0 Å². The third kappa shape index (κ3) is 2.65. The Morgan fingerprint density at radius 3 is 2.79 bits per heavy atom. The molecular formula is C12H14N4O3. The molecule has 0 saturated heterocycles. The summed E-state index contributed by atoms with van der Waals surface area (Å²) in [7, 11) is 1.80. The summed E-state index contributed by atoms with van der Waals surface area (Å²) in [4.78, 5) is 10.4. The van der Waals surface area contributed by atoms with E-state index < -0.39 is 4.92 Å². The van der Waals surface area contributed by atoms with E-state index in [2.05, 4.69) is 10.4 Å². The highest BCUT2D eigenvalue weighted by molar-refractivity contribution is 5.64. The first-order valence-corrected chi connectivity index (χ1v) is 5.71. The van der Waals surface area contributed by atoms with Crippen LogP contribution in [-0.4, -0.2) is 19.8 Å². The lowest BCUT2D eigenvalue weighted by Crippen LogP contribution is -2.12. The molecule has 7 heteroatoms. The number of aromatic nitrogens is 2. The van der Waals surface area contributed by atoms with Crippen LogP contribution in [0.2, 0.25) is 0 Å². The number of nitro benzene ring substituents is 1. The van der Waals surface area contributed by atoms with Crippen molar-refractivity contribution in [3.63, 3.8) is 0 Å². The molecule has 0 bridgehead atoms. The summed E-state index contributed by atoms with van der Waals surface area (Å²) in [5.41, 5.74) is 1.10. The zero-order valence-corrected chi connectivity index (χ0v) is 10.6. The van der Waals surface area contributed by atoms with Crippen LogP contribution in [0.15, 0.2) is 30.5 Å². The molecule has 1 aromatic carbocycles. The monoisotopic (exact) mass is 262 g/mol. The van der Waals surface area contributed by atoms with E-state index in [-0.39, 0.29) is 17.5 Å². The number of nitro groups is 1. The Labute approximate surface area is 109 Å². The minimum Gasteiger partial charge on any atom is -0.508 e. The number of rotatable bonds is 4. The van der Waals surface area contributed by atoms with Crippen LogP contribution in [0, 0.1) is 10.1 Å². The van der Waals surface area contributed by atoms with Gasteiger partial charge in [-0.25, -0.2) is 0 Å². The molecule has 0 radical (unpaired) electrons. The number of hydrogen-bond acceptors (Lipinski definition) is 5. The van der Waals surface area contributed by atoms with E-state index in [0.717, 1.165) is 11.8 Å². The van der Waals surface area contributed by atoms with Gasteiger partial charge in [0.05, 0.1) is 22.7 Å². The molecule has 7 nitrogen and oxygen atoms in total. The van der Waals surface area contributed by atoms with Gasteiger partial charge in [-0.15, -0.1) is 0 Å². The van der Waals surface area contributed by atoms with Crippen LogP contribution in [0.4, 0.5) is 11.4 Å². The maximum absolute atomic E-state index is 10.9. The Hall–Kier alpha value is -2.57. The Kier molecular flexibility index (Phi) is 3.37. The highest BCUT2D eigenvalue weighted by Crippen LogP contribution is 2.31. The number of aromatic hydroxyl groups is 1. The van der Waals surface area contributed by atoms with Gasteiger partial charge in [0.25, 0.3) is 5.69 Å². The summed E-state index contributed by atoms with van der Waals surface area (Å²) in [5, 5.41) is 27.4. The van der Waals surface area contributed by atoms with Crippen LogP contribution in [0.25, 0.3) is 0 Å². The topological polar surface area (TPSA) is 93.2 Å². The van der Waals surface area contributed by atoms with Gasteiger partial charge in [-0.2, -0.15) is 5.10 Å². The van der Waals surface area contributed by atoms with Crippen LogP contribution in [0.3, 0.4) is 0 Å². The van der Waals surface area contributed by atoms with Crippen molar-refractivity contribution in [2.45, 2.75) is 13.0 Å². The second-order valence-electron chi connectivity index (χ2n) is 4.20. The second-order valence-corrected chi connectivity index (χ2v) is 4.20. The van der Waals surface area contributed by atoms with Gasteiger partial charge < -0.3 is 10.4 Å². The Morgan fingerprint density at radius 2 is 2.21 bits per heavy atom. The van der Waals surface area contributed by atoms with Gasteiger partial charge in [0.1, 0.15) is 11.4 Å². The first kappa shape index (κ1) is 12.9. The van der Waals surface area contributed by atoms with E-state index in [1.54, 1.807) is 17.9 Å². The molecule has 1 heterocycles. The van der Waals surface area contributed by atoms with E-state index in [1.165, 1.54) is 12.1 Å². The first-order chi connectivity index (χ1) is 8.99. The first-order valence-electron chi connectivity index (χ1n) is 5.71. The third-order valence-corrected chi connectivity index (χ3v) is 2.85. The minimum atomic E-state index is -0.530. The highest BCUT2D eigenvalue weighted by atomic mass is 16.6. The minimum absolute atomic E-state index is 0.134. The van der Waals surface area contributed by atoms with Gasteiger partial charge in [0.15, 0.2) is 0 Å². The predicted octanol–water partition coefficient (Wildman–Crippen LogP) is 2.21. The number of phenols is 1. The quantitative estimate of drug-likeness (QED) is 0.500. The van der Waals surface area contributed by atoms with Crippen molar-refractivity contribution in [3.8, 4) is 5.75 Å². The van der Waals surface area contributed by atoms with Crippen LogP contribution in [-0.2, 0) is 7.05 Å². The fourth-order valence-electron chi connectivity index (χ4n) is 1.91.